The van der Waals surface area contributed by atoms with Crippen molar-refractivity contribution in [3.8, 4) is 11.5 Å². The van der Waals surface area contributed by atoms with Gasteiger partial charge in [0.15, 0.2) is 0 Å². The third-order valence-electron chi connectivity index (χ3n) is 2.84. The molecule has 0 bridgehead atoms. The SMILES string of the molecule is C=C(C)C1Cc2cc(C=CC(=O)O)c(O)cc2O1. The third kappa shape index (κ3) is 2.37. The van der Waals surface area contributed by atoms with E-state index in [0.717, 1.165) is 17.2 Å². The van der Waals surface area contributed by atoms with Gasteiger partial charge in [-0.05, 0) is 30.2 Å². The smallest absolute Gasteiger partial charge is 0.328 e. The maximum absolute atomic E-state index is 10.5. The highest BCUT2D eigenvalue weighted by Crippen LogP contribution is 2.36. The largest absolute Gasteiger partial charge is 0.507 e. The summed E-state index contributed by atoms with van der Waals surface area (Å²) in [5.41, 5.74) is 2.35. The molecule has 0 radical (unpaired) electrons. The van der Waals surface area contributed by atoms with Crippen molar-refractivity contribution in [2.45, 2.75) is 19.4 Å². The highest BCUT2D eigenvalue weighted by Gasteiger charge is 2.24. The van der Waals surface area contributed by atoms with Crippen LogP contribution in [-0.4, -0.2) is 22.3 Å². The summed E-state index contributed by atoms with van der Waals surface area (Å²) in [4.78, 5) is 10.5. The lowest BCUT2D eigenvalue weighted by atomic mass is 10.0. The van der Waals surface area contributed by atoms with E-state index in [1.165, 1.54) is 12.1 Å². The number of rotatable bonds is 3. The minimum atomic E-state index is -1.05. The molecule has 2 N–H and O–H groups in total. The van der Waals surface area contributed by atoms with Crippen molar-refractivity contribution < 1.29 is 19.7 Å². The maximum atomic E-state index is 10.5. The van der Waals surface area contributed by atoms with Gasteiger partial charge in [0.2, 0.25) is 0 Å². The highest BCUT2D eigenvalue weighted by atomic mass is 16.5. The molecule has 0 aromatic heterocycles. The normalized spacial score (nSPS) is 17.5. The van der Waals surface area contributed by atoms with E-state index in [1.807, 2.05) is 6.92 Å². The van der Waals surface area contributed by atoms with Gasteiger partial charge in [-0.15, -0.1) is 0 Å². The predicted octanol–water partition coefficient (Wildman–Crippen LogP) is 2.37. The molecular formula is C14H14O4. The van der Waals surface area contributed by atoms with E-state index in [9.17, 15) is 9.90 Å². The Balaban J connectivity index is 2.31. The lowest BCUT2D eigenvalue weighted by molar-refractivity contribution is -0.131. The number of aliphatic carboxylic acids is 1. The first-order valence-corrected chi connectivity index (χ1v) is 5.56. The van der Waals surface area contributed by atoms with E-state index in [0.29, 0.717) is 17.7 Å². The average Bonchev–Trinajstić information content (AvgIpc) is 2.68. The first-order valence-electron chi connectivity index (χ1n) is 5.56. The Morgan fingerprint density at radius 1 is 1.56 bits per heavy atom. The number of carboxylic acid groups (broad SMARTS) is 1. The number of phenols is 1. The molecule has 0 spiro atoms. The van der Waals surface area contributed by atoms with Gasteiger partial charge < -0.3 is 14.9 Å². The molecule has 18 heavy (non-hydrogen) atoms. The van der Waals surface area contributed by atoms with Crippen molar-refractivity contribution in [1.29, 1.82) is 0 Å². The van der Waals surface area contributed by atoms with Gasteiger partial charge in [0.1, 0.15) is 17.6 Å². The molecule has 1 heterocycles. The van der Waals surface area contributed by atoms with E-state index >= 15 is 0 Å². The Morgan fingerprint density at radius 2 is 2.28 bits per heavy atom. The molecule has 94 valence electrons. The zero-order valence-corrected chi connectivity index (χ0v) is 10.0. The first kappa shape index (κ1) is 12.2. The zero-order valence-electron chi connectivity index (χ0n) is 10.0. The summed E-state index contributed by atoms with van der Waals surface area (Å²) in [6.45, 7) is 5.74. The number of ether oxygens (including phenoxy) is 1. The van der Waals surface area contributed by atoms with Gasteiger partial charge in [0, 0.05) is 24.1 Å². The number of aromatic hydroxyl groups is 1. The molecule has 1 aliphatic heterocycles. The Hall–Kier alpha value is -2.23. The lowest BCUT2D eigenvalue weighted by Gasteiger charge is -2.09. The molecule has 1 atom stereocenters. The molecule has 1 aromatic carbocycles. The molecule has 2 rings (SSSR count). The van der Waals surface area contributed by atoms with Crippen LogP contribution in [0.1, 0.15) is 18.1 Å². The van der Waals surface area contributed by atoms with Gasteiger partial charge in [-0.3, -0.25) is 0 Å². The zero-order chi connectivity index (χ0) is 13.3. The molecule has 4 nitrogen and oxygen atoms in total. The van der Waals surface area contributed by atoms with Crippen molar-refractivity contribution in [2.75, 3.05) is 0 Å². The monoisotopic (exact) mass is 246 g/mol. The van der Waals surface area contributed by atoms with Gasteiger partial charge in [0.05, 0.1) is 0 Å². The third-order valence-corrected chi connectivity index (χ3v) is 2.84. The topological polar surface area (TPSA) is 66.8 Å². The summed E-state index contributed by atoms with van der Waals surface area (Å²) in [7, 11) is 0. The predicted molar refractivity (Wildman–Crippen MR) is 67.7 cm³/mol. The second-order valence-corrected chi connectivity index (χ2v) is 4.35. The van der Waals surface area contributed by atoms with Gasteiger partial charge in [0.25, 0.3) is 0 Å². The standard InChI is InChI=1S/C14H14O4/c1-8(2)12-6-10-5-9(3-4-14(16)17)11(15)7-13(10)18-12/h3-5,7,12,15H,1,6H2,2H3,(H,16,17). The highest BCUT2D eigenvalue weighted by molar-refractivity contribution is 5.86. The number of hydrogen-bond acceptors (Lipinski definition) is 3. The molecule has 0 fully saturated rings. The van der Waals surface area contributed by atoms with E-state index in [1.54, 1.807) is 6.07 Å². The van der Waals surface area contributed by atoms with Gasteiger partial charge in [-0.25, -0.2) is 4.79 Å². The van der Waals surface area contributed by atoms with E-state index < -0.39 is 5.97 Å². The number of carboxylic acids is 1. The van der Waals surface area contributed by atoms with Crippen LogP contribution in [0.15, 0.2) is 30.4 Å². The molecule has 0 saturated carbocycles. The van der Waals surface area contributed by atoms with Crippen LogP contribution in [0.2, 0.25) is 0 Å². The van der Waals surface area contributed by atoms with Crippen molar-refractivity contribution >= 4 is 12.0 Å². The van der Waals surface area contributed by atoms with Crippen LogP contribution in [0.25, 0.3) is 6.08 Å². The minimum Gasteiger partial charge on any atom is -0.507 e. The summed E-state index contributed by atoms with van der Waals surface area (Å²) in [6, 6.07) is 3.26. The van der Waals surface area contributed by atoms with Crippen molar-refractivity contribution in [3.63, 3.8) is 0 Å². The Kier molecular flexibility index (Phi) is 3.10. The summed E-state index contributed by atoms with van der Waals surface area (Å²) >= 11 is 0. The fourth-order valence-corrected chi connectivity index (χ4v) is 1.87. The summed E-state index contributed by atoms with van der Waals surface area (Å²) in [6.07, 6.45) is 2.98. The molecule has 1 unspecified atom stereocenters. The molecule has 0 amide bonds. The van der Waals surface area contributed by atoms with Crippen LogP contribution in [0.5, 0.6) is 11.5 Å². The number of fused-ring (bicyclic) bond motifs is 1. The van der Waals surface area contributed by atoms with E-state index in [-0.39, 0.29) is 11.9 Å². The molecular weight excluding hydrogens is 232 g/mol. The van der Waals surface area contributed by atoms with Crippen molar-refractivity contribution in [2.24, 2.45) is 0 Å². The fraction of sp³-hybridized carbons (Fsp3) is 0.214. The second kappa shape index (κ2) is 4.56. The Morgan fingerprint density at radius 3 is 2.89 bits per heavy atom. The van der Waals surface area contributed by atoms with Crippen LogP contribution in [0.4, 0.5) is 0 Å². The van der Waals surface area contributed by atoms with Crippen LogP contribution in [0, 0.1) is 0 Å². The molecule has 1 aromatic rings. The van der Waals surface area contributed by atoms with Crippen molar-refractivity contribution in [3.05, 3.63) is 41.5 Å². The van der Waals surface area contributed by atoms with E-state index in [2.05, 4.69) is 6.58 Å². The second-order valence-electron chi connectivity index (χ2n) is 4.35. The van der Waals surface area contributed by atoms with Gasteiger partial charge in [-0.2, -0.15) is 0 Å². The summed E-state index contributed by atoms with van der Waals surface area (Å²) < 4.78 is 5.63. The number of hydrogen-bond donors (Lipinski definition) is 2. The lowest BCUT2D eigenvalue weighted by Crippen LogP contribution is -2.13. The Bertz CT molecular complexity index is 543. The summed E-state index contributed by atoms with van der Waals surface area (Å²) in [5.74, 6) is -0.410. The average molecular weight is 246 g/mol. The quantitative estimate of drug-likeness (QED) is 0.634. The summed E-state index contributed by atoms with van der Waals surface area (Å²) in [5, 5.41) is 18.3. The van der Waals surface area contributed by atoms with Gasteiger partial charge in [-0.1, -0.05) is 6.58 Å². The minimum absolute atomic E-state index is 0.00798. The molecule has 0 aliphatic carbocycles. The Labute approximate surface area is 105 Å². The van der Waals surface area contributed by atoms with Crippen LogP contribution in [-0.2, 0) is 11.2 Å². The van der Waals surface area contributed by atoms with E-state index in [4.69, 9.17) is 9.84 Å². The van der Waals surface area contributed by atoms with Crippen LogP contribution < -0.4 is 4.74 Å². The molecule has 0 saturated heterocycles. The van der Waals surface area contributed by atoms with Gasteiger partial charge >= 0.3 is 5.97 Å². The van der Waals surface area contributed by atoms with Crippen molar-refractivity contribution in [1.82, 2.24) is 0 Å². The number of carbonyl (C=O) groups is 1. The first-order chi connectivity index (χ1) is 8.47. The number of benzene rings is 1. The molecule has 4 heteroatoms. The fourth-order valence-electron chi connectivity index (χ4n) is 1.87. The number of phenolic OH excluding ortho intramolecular Hbond substituents is 1. The molecule has 1 aliphatic rings. The maximum Gasteiger partial charge on any atom is 0.328 e. The van der Waals surface area contributed by atoms with Crippen LogP contribution >= 0.6 is 0 Å². The van der Waals surface area contributed by atoms with Crippen LogP contribution in [0.3, 0.4) is 0 Å².